The van der Waals surface area contributed by atoms with E-state index >= 15 is 0 Å². The van der Waals surface area contributed by atoms with Crippen molar-refractivity contribution in [2.24, 2.45) is 0 Å². The molecule has 2 aromatic rings. The van der Waals surface area contributed by atoms with Crippen LogP contribution in [0.2, 0.25) is 0 Å². The summed E-state index contributed by atoms with van der Waals surface area (Å²) in [6, 6.07) is 13.4. The molecule has 1 N–H and O–H groups in total. The van der Waals surface area contributed by atoms with Crippen LogP contribution in [-0.2, 0) is 6.54 Å². The maximum atomic E-state index is 13.2. The molecule has 0 saturated carbocycles. The zero-order valence-electron chi connectivity index (χ0n) is 11.4. The summed E-state index contributed by atoms with van der Waals surface area (Å²) in [7, 11) is 1.51. The van der Waals surface area contributed by atoms with Gasteiger partial charge in [-0.05, 0) is 35.9 Å². The van der Waals surface area contributed by atoms with E-state index in [0.717, 1.165) is 5.56 Å². The highest BCUT2D eigenvalue weighted by molar-refractivity contribution is 5.51. The van der Waals surface area contributed by atoms with Crippen molar-refractivity contribution < 1.29 is 9.13 Å². The molecular formula is C16H12FN3O. The summed E-state index contributed by atoms with van der Waals surface area (Å²) >= 11 is 0. The maximum absolute atomic E-state index is 13.2. The van der Waals surface area contributed by atoms with Gasteiger partial charge < -0.3 is 10.1 Å². The average molecular weight is 281 g/mol. The summed E-state index contributed by atoms with van der Waals surface area (Å²) in [5.41, 5.74) is 2.03. The van der Waals surface area contributed by atoms with E-state index in [4.69, 9.17) is 15.3 Å². The van der Waals surface area contributed by atoms with Crippen LogP contribution in [0.5, 0.6) is 5.75 Å². The summed E-state index contributed by atoms with van der Waals surface area (Å²) in [4.78, 5) is 0. The minimum absolute atomic E-state index is 0.00240. The van der Waals surface area contributed by atoms with Crippen LogP contribution in [-0.4, -0.2) is 7.11 Å². The standard InChI is InChI=1S/C16H12FN3O/c1-21-16-6-11(2-3-12(16)8-18)10-20-14-4-5-15(17)13(7-14)9-19/h2-7,20H,10H2,1H3. The lowest BCUT2D eigenvalue weighted by atomic mass is 10.1. The number of nitriles is 2. The lowest BCUT2D eigenvalue weighted by molar-refractivity contribution is 0.413. The first kappa shape index (κ1) is 14.4. The molecule has 0 aliphatic carbocycles. The number of hydrogen-bond donors (Lipinski definition) is 1. The third-order valence-corrected chi connectivity index (χ3v) is 2.97. The molecule has 5 heteroatoms. The molecule has 2 rings (SSSR count). The Kier molecular flexibility index (Phi) is 4.38. The molecular weight excluding hydrogens is 269 g/mol. The third-order valence-electron chi connectivity index (χ3n) is 2.97. The van der Waals surface area contributed by atoms with E-state index in [9.17, 15) is 4.39 Å². The van der Waals surface area contributed by atoms with Gasteiger partial charge in [0.15, 0.2) is 0 Å². The number of nitrogens with one attached hydrogen (secondary N) is 1. The Morgan fingerprint density at radius 2 is 1.86 bits per heavy atom. The van der Waals surface area contributed by atoms with Crippen LogP contribution in [0.4, 0.5) is 10.1 Å². The minimum atomic E-state index is -0.539. The first-order valence-corrected chi connectivity index (χ1v) is 6.18. The van der Waals surface area contributed by atoms with Gasteiger partial charge in [-0.3, -0.25) is 0 Å². The number of hydrogen-bond acceptors (Lipinski definition) is 4. The van der Waals surface area contributed by atoms with Crippen molar-refractivity contribution in [2.75, 3.05) is 12.4 Å². The van der Waals surface area contributed by atoms with Gasteiger partial charge in [-0.1, -0.05) is 6.07 Å². The fourth-order valence-electron chi connectivity index (χ4n) is 1.86. The summed E-state index contributed by atoms with van der Waals surface area (Å²) in [6.07, 6.45) is 0. The number of anilines is 1. The molecule has 2 aromatic carbocycles. The van der Waals surface area contributed by atoms with Crippen LogP contribution >= 0.6 is 0 Å². The van der Waals surface area contributed by atoms with Crippen LogP contribution in [0.1, 0.15) is 16.7 Å². The molecule has 0 aromatic heterocycles. The molecule has 21 heavy (non-hydrogen) atoms. The molecule has 0 spiro atoms. The van der Waals surface area contributed by atoms with Gasteiger partial charge in [0.05, 0.1) is 18.2 Å². The first-order chi connectivity index (χ1) is 10.2. The predicted molar refractivity (Wildman–Crippen MR) is 76.2 cm³/mol. The second-order valence-electron chi connectivity index (χ2n) is 4.31. The van der Waals surface area contributed by atoms with Crippen LogP contribution in [0.15, 0.2) is 36.4 Å². The molecule has 0 unspecified atom stereocenters. The van der Waals surface area contributed by atoms with E-state index in [1.165, 1.54) is 19.2 Å². The number of ether oxygens (including phenoxy) is 1. The van der Waals surface area contributed by atoms with E-state index in [0.29, 0.717) is 23.5 Å². The van der Waals surface area contributed by atoms with E-state index in [1.54, 1.807) is 24.3 Å². The fraction of sp³-hybridized carbons (Fsp3) is 0.125. The van der Waals surface area contributed by atoms with Crippen molar-refractivity contribution in [1.29, 1.82) is 10.5 Å². The topological polar surface area (TPSA) is 68.8 Å². The van der Waals surface area contributed by atoms with Gasteiger partial charge in [-0.25, -0.2) is 4.39 Å². The van der Waals surface area contributed by atoms with E-state index in [1.807, 2.05) is 12.1 Å². The Morgan fingerprint density at radius 1 is 1.10 bits per heavy atom. The van der Waals surface area contributed by atoms with Crippen LogP contribution in [0.3, 0.4) is 0 Å². The number of nitrogens with zero attached hydrogens (tertiary/aromatic N) is 2. The highest BCUT2D eigenvalue weighted by Crippen LogP contribution is 2.20. The monoisotopic (exact) mass is 281 g/mol. The van der Waals surface area contributed by atoms with Gasteiger partial charge >= 0.3 is 0 Å². The molecule has 0 aliphatic rings. The van der Waals surface area contributed by atoms with Crippen molar-refractivity contribution in [3.8, 4) is 17.9 Å². The van der Waals surface area contributed by atoms with E-state index < -0.39 is 5.82 Å². The number of methoxy groups -OCH3 is 1. The molecule has 0 radical (unpaired) electrons. The highest BCUT2D eigenvalue weighted by Gasteiger charge is 2.05. The SMILES string of the molecule is COc1cc(CNc2ccc(F)c(C#N)c2)ccc1C#N. The molecule has 0 atom stereocenters. The van der Waals surface area contributed by atoms with Gasteiger partial charge in [-0.2, -0.15) is 10.5 Å². The number of halogens is 1. The van der Waals surface area contributed by atoms with Gasteiger partial charge in [0, 0.05) is 12.2 Å². The van der Waals surface area contributed by atoms with Crippen molar-refractivity contribution in [3.05, 3.63) is 58.9 Å². The van der Waals surface area contributed by atoms with Crippen molar-refractivity contribution in [3.63, 3.8) is 0 Å². The lowest BCUT2D eigenvalue weighted by Gasteiger charge is -2.09. The number of rotatable bonds is 4. The Balaban J connectivity index is 2.14. The van der Waals surface area contributed by atoms with E-state index in [2.05, 4.69) is 5.32 Å². The Morgan fingerprint density at radius 3 is 2.52 bits per heavy atom. The summed E-state index contributed by atoms with van der Waals surface area (Å²) in [5.74, 6) is -0.0308. The zero-order chi connectivity index (χ0) is 15.2. The fourth-order valence-corrected chi connectivity index (χ4v) is 1.86. The van der Waals surface area contributed by atoms with Crippen LogP contribution in [0, 0.1) is 28.5 Å². The normalized spacial score (nSPS) is 9.52. The minimum Gasteiger partial charge on any atom is -0.495 e. The molecule has 0 fully saturated rings. The largest absolute Gasteiger partial charge is 0.495 e. The van der Waals surface area contributed by atoms with Gasteiger partial charge in [0.1, 0.15) is 23.7 Å². The molecule has 0 saturated heterocycles. The van der Waals surface area contributed by atoms with E-state index in [-0.39, 0.29) is 5.56 Å². The van der Waals surface area contributed by atoms with Crippen molar-refractivity contribution >= 4 is 5.69 Å². The molecule has 0 heterocycles. The van der Waals surface area contributed by atoms with Crippen LogP contribution < -0.4 is 10.1 Å². The first-order valence-electron chi connectivity index (χ1n) is 6.18. The Hall–Kier alpha value is -3.05. The van der Waals surface area contributed by atoms with Gasteiger partial charge in [0.25, 0.3) is 0 Å². The average Bonchev–Trinajstić information content (AvgIpc) is 2.53. The quantitative estimate of drug-likeness (QED) is 0.934. The summed E-state index contributed by atoms with van der Waals surface area (Å²) in [6.45, 7) is 0.471. The second-order valence-corrected chi connectivity index (χ2v) is 4.31. The molecule has 0 bridgehead atoms. The second kappa shape index (κ2) is 6.40. The van der Waals surface area contributed by atoms with Gasteiger partial charge in [-0.15, -0.1) is 0 Å². The maximum Gasteiger partial charge on any atom is 0.141 e. The van der Waals surface area contributed by atoms with Crippen LogP contribution in [0.25, 0.3) is 0 Å². The molecule has 0 amide bonds. The van der Waals surface area contributed by atoms with Gasteiger partial charge in [0.2, 0.25) is 0 Å². The third kappa shape index (κ3) is 3.29. The molecule has 104 valence electrons. The van der Waals surface area contributed by atoms with Crippen molar-refractivity contribution in [2.45, 2.75) is 6.54 Å². The Labute approximate surface area is 122 Å². The Bertz CT molecular complexity index is 744. The summed E-state index contributed by atoms with van der Waals surface area (Å²) in [5, 5.41) is 20.8. The van der Waals surface area contributed by atoms with Crippen molar-refractivity contribution in [1.82, 2.24) is 0 Å². The summed E-state index contributed by atoms with van der Waals surface area (Å²) < 4.78 is 18.4. The molecule has 0 aliphatic heterocycles. The highest BCUT2D eigenvalue weighted by atomic mass is 19.1. The smallest absolute Gasteiger partial charge is 0.141 e. The lowest BCUT2D eigenvalue weighted by Crippen LogP contribution is -2.01. The molecule has 4 nitrogen and oxygen atoms in total. The zero-order valence-corrected chi connectivity index (χ0v) is 11.4. The number of benzene rings is 2. The predicted octanol–water partition coefficient (Wildman–Crippen LogP) is 3.19.